The molecular weight excluding hydrogens is 404 g/mol. The zero-order chi connectivity index (χ0) is 23.3. The summed E-state index contributed by atoms with van der Waals surface area (Å²) in [6.07, 6.45) is 2.58. The van der Waals surface area contributed by atoms with Gasteiger partial charge in [0.1, 0.15) is 0 Å². The van der Waals surface area contributed by atoms with E-state index < -0.39 is 5.41 Å². The first kappa shape index (κ1) is 24.2. The molecule has 2 aliphatic heterocycles. The molecule has 2 fully saturated rings. The number of nitrogens with one attached hydrogen (secondary N) is 1. The Morgan fingerprint density at radius 1 is 1.00 bits per heavy atom. The van der Waals surface area contributed by atoms with E-state index in [1.165, 1.54) is 0 Å². The Balaban J connectivity index is 1.47. The van der Waals surface area contributed by atoms with Crippen LogP contribution in [0.4, 0.5) is 5.69 Å². The number of amides is 3. The van der Waals surface area contributed by atoms with Crippen molar-refractivity contribution in [3.05, 3.63) is 29.8 Å². The Kier molecular flexibility index (Phi) is 7.93. The molecular formula is C25H38N4O3. The van der Waals surface area contributed by atoms with Gasteiger partial charge in [0, 0.05) is 50.4 Å². The molecule has 7 heteroatoms. The summed E-state index contributed by atoms with van der Waals surface area (Å²) in [5, 5.41) is 3.02. The second kappa shape index (κ2) is 10.5. The van der Waals surface area contributed by atoms with E-state index in [2.05, 4.69) is 17.1 Å². The molecule has 2 heterocycles. The molecule has 7 nitrogen and oxygen atoms in total. The zero-order valence-electron chi connectivity index (χ0n) is 20.0. The number of likely N-dealkylation sites (tertiary alicyclic amines) is 1. The third-order valence-electron chi connectivity index (χ3n) is 6.42. The number of benzene rings is 1. The minimum absolute atomic E-state index is 0.0192. The van der Waals surface area contributed by atoms with Crippen molar-refractivity contribution >= 4 is 23.4 Å². The molecule has 0 aliphatic carbocycles. The van der Waals surface area contributed by atoms with Gasteiger partial charge >= 0.3 is 0 Å². The summed E-state index contributed by atoms with van der Waals surface area (Å²) in [6.45, 7) is 12.1. The fourth-order valence-electron chi connectivity index (χ4n) is 4.57. The first-order chi connectivity index (χ1) is 15.2. The number of carbonyl (C=O) groups is 3. The maximum Gasteiger partial charge on any atom is 0.238 e. The first-order valence-corrected chi connectivity index (χ1v) is 11.9. The second-order valence-electron chi connectivity index (χ2n) is 10.0. The van der Waals surface area contributed by atoms with E-state index >= 15 is 0 Å². The van der Waals surface area contributed by atoms with E-state index in [0.717, 1.165) is 37.1 Å². The molecule has 2 saturated heterocycles. The second-order valence-corrected chi connectivity index (χ2v) is 10.0. The molecule has 0 bridgehead atoms. The third kappa shape index (κ3) is 6.09. The van der Waals surface area contributed by atoms with Gasteiger partial charge in [-0.05, 0) is 30.9 Å². The molecule has 2 aliphatic rings. The number of hydrogen-bond acceptors (Lipinski definition) is 4. The van der Waals surface area contributed by atoms with Gasteiger partial charge in [-0.25, -0.2) is 0 Å². The summed E-state index contributed by atoms with van der Waals surface area (Å²) in [5.74, 6) is 0.137. The lowest BCUT2D eigenvalue weighted by Gasteiger charge is -2.40. The number of anilines is 1. The summed E-state index contributed by atoms with van der Waals surface area (Å²) < 4.78 is 0. The number of nitrogens with zero attached hydrogens (tertiary/aromatic N) is 3. The van der Waals surface area contributed by atoms with E-state index in [1.807, 2.05) is 54.8 Å². The molecule has 0 aromatic heterocycles. The van der Waals surface area contributed by atoms with Crippen molar-refractivity contribution in [3.63, 3.8) is 0 Å². The van der Waals surface area contributed by atoms with Gasteiger partial charge in [-0.1, -0.05) is 45.9 Å². The van der Waals surface area contributed by atoms with Crippen LogP contribution in [0, 0.1) is 11.3 Å². The van der Waals surface area contributed by atoms with Gasteiger partial charge in [0.15, 0.2) is 0 Å². The molecule has 1 aromatic carbocycles. The molecule has 0 spiro atoms. The van der Waals surface area contributed by atoms with Crippen LogP contribution in [0.25, 0.3) is 0 Å². The van der Waals surface area contributed by atoms with Crippen molar-refractivity contribution < 1.29 is 14.4 Å². The number of hydrogen-bond donors (Lipinski definition) is 1. The Morgan fingerprint density at radius 2 is 1.69 bits per heavy atom. The Bertz CT molecular complexity index is 825. The molecule has 3 rings (SSSR count). The minimum atomic E-state index is -0.422. The van der Waals surface area contributed by atoms with Gasteiger partial charge in [0.2, 0.25) is 17.7 Å². The van der Waals surface area contributed by atoms with Crippen molar-refractivity contribution in [1.82, 2.24) is 14.7 Å². The van der Waals surface area contributed by atoms with Gasteiger partial charge in [-0.2, -0.15) is 0 Å². The predicted octanol–water partition coefficient (Wildman–Crippen LogP) is 2.62. The van der Waals surface area contributed by atoms with Crippen LogP contribution in [0.2, 0.25) is 0 Å². The van der Waals surface area contributed by atoms with Crippen LogP contribution in [-0.4, -0.2) is 78.2 Å². The smallest absolute Gasteiger partial charge is 0.238 e. The topological polar surface area (TPSA) is 73.0 Å². The van der Waals surface area contributed by atoms with E-state index in [4.69, 9.17) is 0 Å². The monoisotopic (exact) mass is 442 g/mol. The average Bonchev–Trinajstić information content (AvgIpc) is 2.78. The first-order valence-electron chi connectivity index (χ1n) is 11.9. The summed E-state index contributed by atoms with van der Waals surface area (Å²) >= 11 is 0. The molecule has 1 unspecified atom stereocenters. The van der Waals surface area contributed by atoms with Crippen LogP contribution < -0.4 is 5.32 Å². The average molecular weight is 443 g/mol. The standard InChI is InChI=1S/C25H38N4O3/c1-5-19-9-6-7-11-21(19)26-22(30)18-27-13-15-28(16-14-27)23(31)20-10-8-12-29(17-20)24(32)25(2,3)4/h6-7,9,11,20H,5,8,10,12-18H2,1-4H3,(H,26,30). The van der Waals surface area contributed by atoms with E-state index in [1.54, 1.807) is 0 Å². The van der Waals surface area contributed by atoms with Crippen molar-refractivity contribution in [2.24, 2.45) is 11.3 Å². The summed E-state index contributed by atoms with van der Waals surface area (Å²) in [5.41, 5.74) is 1.58. The molecule has 1 atom stereocenters. The van der Waals surface area contributed by atoms with E-state index in [-0.39, 0.29) is 23.6 Å². The van der Waals surface area contributed by atoms with Gasteiger partial charge in [-0.3, -0.25) is 19.3 Å². The highest BCUT2D eigenvalue weighted by atomic mass is 16.2. The third-order valence-corrected chi connectivity index (χ3v) is 6.42. The highest BCUT2D eigenvalue weighted by molar-refractivity contribution is 5.93. The summed E-state index contributed by atoms with van der Waals surface area (Å²) in [6, 6.07) is 7.88. The normalized spacial score (nSPS) is 20.2. The lowest BCUT2D eigenvalue weighted by atomic mass is 9.90. The zero-order valence-corrected chi connectivity index (χ0v) is 20.0. The Morgan fingerprint density at radius 3 is 2.34 bits per heavy atom. The number of aryl methyl sites for hydroxylation is 1. The molecule has 0 saturated carbocycles. The quantitative estimate of drug-likeness (QED) is 0.761. The van der Waals surface area contributed by atoms with Gasteiger partial charge < -0.3 is 15.1 Å². The lowest BCUT2D eigenvalue weighted by molar-refractivity contribution is -0.146. The van der Waals surface area contributed by atoms with Gasteiger partial charge in [0.05, 0.1) is 12.5 Å². The van der Waals surface area contributed by atoms with Gasteiger partial charge in [-0.15, -0.1) is 0 Å². The summed E-state index contributed by atoms with van der Waals surface area (Å²) in [7, 11) is 0. The molecule has 1 aromatic rings. The largest absolute Gasteiger partial charge is 0.341 e. The number of rotatable bonds is 5. The van der Waals surface area contributed by atoms with E-state index in [0.29, 0.717) is 39.3 Å². The fourth-order valence-corrected chi connectivity index (χ4v) is 4.57. The van der Waals surface area contributed by atoms with Crippen molar-refractivity contribution in [2.45, 2.75) is 47.0 Å². The molecule has 1 N–H and O–H groups in total. The molecule has 3 amide bonds. The molecule has 32 heavy (non-hydrogen) atoms. The fraction of sp³-hybridized carbons (Fsp3) is 0.640. The Hall–Kier alpha value is -2.41. The van der Waals surface area contributed by atoms with Crippen LogP contribution in [0.5, 0.6) is 0 Å². The van der Waals surface area contributed by atoms with Crippen LogP contribution in [0.15, 0.2) is 24.3 Å². The Labute approximate surface area is 192 Å². The number of para-hydroxylation sites is 1. The molecule has 176 valence electrons. The summed E-state index contributed by atoms with van der Waals surface area (Å²) in [4.78, 5) is 44.1. The molecule has 0 radical (unpaired) electrons. The highest BCUT2D eigenvalue weighted by Gasteiger charge is 2.35. The number of piperidine rings is 1. The van der Waals surface area contributed by atoms with E-state index in [9.17, 15) is 14.4 Å². The SMILES string of the molecule is CCc1ccccc1NC(=O)CN1CCN(C(=O)C2CCCN(C(=O)C(C)(C)C)C2)CC1. The number of carbonyl (C=O) groups excluding carboxylic acids is 3. The van der Waals surface area contributed by atoms with Crippen molar-refractivity contribution in [3.8, 4) is 0 Å². The number of piperazine rings is 1. The maximum atomic E-state index is 13.1. The minimum Gasteiger partial charge on any atom is -0.341 e. The highest BCUT2D eigenvalue weighted by Crippen LogP contribution is 2.25. The van der Waals surface area contributed by atoms with Gasteiger partial charge in [0.25, 0.3) is 0 Å². The predicted molar refractivity (Wildman–Crippen MR) is 126 cm³/mol. The maximum absolute atomic E-state index is 13.1. The van der Waals surface area contributed by atoms with Crippen LogP contribution >= 0.6 is 0 Å². The van der Waals surface area contributed by atoms with Crippen LogP contribution in [-0.2, 0) is 20.8 Å². The lowest BCUT2D eigenvalue weighted by Crippen LogP contribution is -2.54. The van der Waals surface area contributed by atoms with Crippen molar-refractivity contribution in [1.29, 1.82) is 0 Å². The van der Waals surface area contributed by atoms with Crippen LogP contribution in [0.1, 0.15) is 46.1 Å². The van der Waals surface area contributed by atoms with Crippen LogP contribution in [0.3, 0.4) is 0 Å². The van der Waals surface area contributed by atoms with Crippen molar-refractivity contribution in [2.75, 3.05) is 51.1 Å².